The van der Waals surface area contributed by atoms with E-state index < -0.39 is 6.04 Å². The molecular weight excluding hydrogens is 386 g/mol. The zero-order valence-corrected chi connectivity index (χ0v) is 16.6. The molecule has 4 aromatic rings. The first-order valence-electron chi connectivity index (χ1n) is 9.44. The summed E-state index contributed by atoms with van der Waals surface area (Å²) in [5.41, 5.74) is 3.16. The number of hydrogen-bond acceptors (Lipinski definition) is 7. The summed E-state index contributed by atoms with van der Waals surface area (Å²) in [6.45, 7) is 3.13. The minimum atomic E-state index is -0.556. The van der Waals surface area contributed by atoms with E-state index in [9.17, 15) is 4.79 Å². The third kappa shape index (κ3) is 3.52. The van der Waals surface area contributed by atoms with E-state index in [0.29, 0.717) is 11.8 Å². The van der Waals surface area contributed by atoms with E-state index in [2.05, 4.69) is 45.1 Å². The number of amides is 1. The Hall–Kier alpha value is -3.10. The normalized spacial score (nSPS) is 15.2. The summed E-state index contributed by atoms with van der Waals surface area (Å²) in [5.74, 6) is 1.02. The maximum atomic E-state index is 11.8. The largest absolute Gasteiger partial charge is 0.422 e. The number of carbonyl (C=O) groups excluding carboxylic acids is 1. The molecule has 0 saturated carbocycles. The van der Waals surface area contributed by atoms with Crippen LogP contribution in [0.2, 0.25) is 0 Å². The van der Waals surface area contributed by atoms with Gasteiger partial charge in [-0.2, -0.15) is 0 Å². The Labute approximate surface area is 171 Å². The number of rotatable bonds is 5. The molecule has 1 amide bonds. The molecule has 1 aliphatic rings. The summed E-state index contributed by atoms with van der Waals surface area (Å²) in [7, 11) is 0. The van der Waals surface area contributed by atoms with Crippen LogP contribution in [0.5, 0.6) is 0 Å². The highest BCUT2D eigenvalue weighted by Crippen LogP contribution is 2.33. The van der Waals surface area contributed by atoms with Gasteiger partial charge in [0.25, 0.3) is 0 Å². The van der Waals surface area contributed by atoms with Gasteiger partial charge < -0.3 is 15.1 Å². The van der Waals surface area contributed by atoms with E-state index in [-0.39, 0.29) is 11.8 Å². The molecule has 0 aliphatic carbocycles. The van der Waals surface area contributed by atoms with Crippen LogP contribution in [0.4, 0.5) is 0 Å². The fourth-order valence-electron chi connectivity index (χ4n) is 3.30. The molecule has 2 aromatic carbocycles. The van der Waals surface area contributed by atoms with Crippen molar-refractivity contribution in [2.75, 3.05) is 13.1 Å². The molecule has 3 heterocycles. The van der Waals surface area contributed by atoms with Crippen molar-refractivity contribution in [2.45, 2.75) is 18.9 Å². The molecule has 2 aromatic heterocycles. The molecule has 0 spiro atoms. The quantitative estimate of drug-likeness (QED) is 0.529. The van der Waals surface area contributed by atoms with E-state index in [1.165, 1.54) is 18.3 Å². The number of hydrogen-bond donors (Lipinski definition) is 2. The predicted molar refractivity (Wildman–Crippen MR) is 111 cm³/mol. The number of carbonyl (C=O) groups is 1. The second-order valence-corrected chi connectivity index (χ2v) is 8.13. The van der Waals surface area contributed by atoms with Gasteiger partial charge in [-0.25, -0.2) is 4.98 Å². The number of nitrogens with one attached hydrogen (secondary N) is 2. The molecular formula is C21H19N5O2S. The van der Waals surface area contributed by atoms with Crippen molar-refractivity contribution in [3.63, 3.8) is 0 Å². The monoisotopic (exact) mass is 405 g/mol. The van der Waals surface area contributed by atoms with Gasteiger partial charge in [-0.15, -0.1) is 21.5 Å². The van der Waals surface area contributed by atoms with Crippen LogP contribution in [0, 0.1) is 0 Å². The van der Waals surface area contributed by atoms with Gasteiger partial charge in [0.1, 0.15) is 5.01 Å². The fourth-order valence-corrected chi connectivity index (χ4v) is 4.35. The van der Waals surface area contributed by atoms with Crippen molar-refractivity contribution < 1.29 is 9.21 Å². The van der Waals surface area contributed by atoms with E-state index >= 15 is 0 Å². The van der Waals surface area contributed by atoms with Gasteiger partial charge in [-0.3, -0.25) is 4.79 Å². The summed E-state index contributed by atoms with van der Waals surface area (Å²) < 4.78 is 6.93. The first-order chi connectivity index (χ1) is 14.2. The lowest BCUT2D eigenvalue weighted by atomic mass is 10.0. The van der Waals surface area contributed by atoms with Crippen LogP contribution in [0.1, 0.15) is 35.7 Å². The lowest BCUT2D eigenvalue weighted by Crippen LogP contribution is -2.40. The Balaban J connectivity index is 1.51. The highest BCUT2D eigenvalue weighted by Gasteiger charge is 2.29. The first-order valence-corrected chi connectivity index (χ1v) is 10.3. The topological polar surface area (TPSA) is 92.9 Å². The molecule has 5 rings (SSSR count). The molecule has 0 bridgehead atoms. The van der Waals surface area contributed by atoms with Gasteiger partial charge in [0.2, 0.25) is 17.7 Å². The first kappa shape index (κ1) is 18.0. The Morgan fingerprint density at radius 3 is 2.72 bits per heavy atom. The summed E-state index contributed by atoms with van der Waals surface area (Å²) >= 11 is 1.52. The minimum absolute atomic E-state index is 0.177. The molecule has 2 N–H and O–H groups in total. The third-order valence-electron chi connectivity index (χ3n) is 4.94. The Morgan fingerprint density at radius 2 is 2.00 bits per heavy atom. The summed E-state index contributed by atoms with van der Waals surface area (Å²) in [4.78, 5) is 16.6. The van der Waals surface area contributed by atoms with Crippen molar-refractivity contribution in [1.82, 2.24) is 25.8 Å². The lowest BCUT2D eigenvalue weighted by molar-refractivity contribution is -0.119. The van der Waals surface area contributed by atoms with Crippen LogP contribution in [-0.2, 0) is 4.79 Å². The van der Waals surface area contributed by atoms with Gasteiger partial charge in [-0.1, -0.05) is 36.4 Å². The summed E-state index contributed by atoms with van der Waals surface area (Å²) in [6.07, 6.45) is 0. The van der Waals surface area contributed by atoms with Gasteiger partial charge in [0.15, 0.2) is 6.04 Å². The van der Waals surface area contributed by atoms with Crippen LogP contribution in [-0.4, -0.2) is 34.2 Å². The Kier molecular flexibility index (Phi) is 4.57. The van der Waals surface area contributed by atoms with Gasteiger partial charge in [-0.05, 0) is 23.3 Å². The maximum absolute atomic E-state index is 11.8. The van der Waals surface area contributed by atoms with Crippen LogP contribution in [0.25, 0.3) is 21.3 Å². The average Bonchev–Trinajstić information content (AvgIpc) is 3.32. The number of thiazole rings is 1. The van der Waals surface area contributed by atoms with Gasteiger partial charge >= 0.3 is 0 Å². The van der Waals surface area contributed by atoms with Crippen LogP contribution in [0.15, 0.2) is 52.9 Å². The van der Waals surface area contributed by atoms with E-state index in [1.807, 2.05) is 24.3 Å². The SMILES string of the molecule is CC(=O)NC(c1nnc(C2CNC2)o1)c1nc2ccc(-c3ccccc3)cc2s1. The summed E-state index contributed by atoms with van der Waals surface area (Å²) in [6, 6.07) is 15.8. The molecule has 1 saturated heterocycles. The smallest absolute Gasteiger partial charge is 0.245 e. The van der Waals surface area contributed by atoms with Gasteiger partial charge in [0.05, 0.1) is 16.1 Å². The average molecular weight is 405 g/mol. The number of aromatic nitrogens is 3. The van der Waals surface area contributed by atoms with Crippen molar-refractivity contribution in [3.8, 4) is 11.1 Å². The van der Waals surface area contributed by atoms with E-state index in [0.717, 1.165) is 39.4 Å². The molecule has 146 valence electrons. The fraction of sp³-hybridized carbons (Fsp3) is 0.238. The second-order valence-electron chi connectivity index (χ2n) is 7.07. The molecule has 1 unspecified atom stereocenters. The van der Waals surface area contributed by atoms with Crippen LogP contribution < -0.4 is 10.6 Å². The molecule has 1 fully saturated rings. The molecule has 7 nitrogen and oxygen atoms in total. The molecule has 0 radical (unpaired) electrons. The Bertz CT molecular complexity index is 1170. The highest BCUT2D eigenvalue weighted by atomic mass is 32.1. The van der Waals surface area contributed by atoms with Crippen LogP contribution >= 0.6 is 11.3 Å². The van der Waals surface area contributed by atoms with Crippen LogP contribution in [0.3, 0.4) is 0 Å². The Morgan fingerprint density at radius 1 is 1.17 bits per heavy atom. The minimum Gasteiger partial charge on any atom is -0.422 e. The zero-order chi connectivity index (χ0) is 19.8. The molecule has 1 aliphatic heterocycles. The predicted octanol–water partition coefficient (Wildman–Crippen LogP) is 3.26. The number of fused-ring (bicyclic) bond motifs is 1. The van der Waals surface area contributed by atoms with Crippen molar-refractivity contribution in [1.29, 1.82) is 0 Å². The molecule has 29 heavy (non-hydrogen) atoms. The summed E-state index contributed by atoms with van der Waals surface area (Å²) in [5, 5.41) is 15.2. The number of nitrogens with zero attached hydrogens (tertiary/aromatic N) is 3. The van der Waals surface area contributed by atoms with Crippen molar-refractivity contribution in [2.24, 2.45) is 0 Å². The second kappa shape index (κ2) is 7.38. The van der Waals surface area contributed by atoms with Crippen molar-refractivity contribution in [3.05, 3.63) is 65.3 Å². The molecule has 1 atom stereocenters. The van der Waals surface area contributed by atoms with Crippen molar-refractivity contribution >= 4 is 27.5 Å². The van der Waals surface area contributed by atoms with E-state index in [1.54, 1.807) is 0 Å². The lowest BCUT2D eigenvalue weighted by Gasteiger charge is -2.23. The maximum Gasteiger partial charge on any atom is 0.245 e. The third-order valence-corrected chi connectivity index (χ3v) is 6.02. The van der Waals surface area contributed by atoms with E-state index in [4.69, 9.17) is 9.40 Å². The van der Waals surface area contributed by atoms with Gasteiger partial charge in [0, 0.05) is 20.0 Å². The standard InChI is InChI=1S/C21H19N5O2S/c1-12(27)23-18(20-26-25-19(28-20)15-10-22-11-15)21-24-16-8-7-14(9-17(16)29-21)13-5-3-2-4-6-13/h2-9,15,18,22H,10-11H2,1H3,(H,23,27). The number of benzene rings is 2. The molecule has 8 heteroatoms. The highest BCUT2D eigenvalue weighted by molar-refractivity contribution is 7.18. The zero-order valence-electron chi connectivity index (χ0n) is 15.8.